The van der Waals surface area contributed by atoms with Gasteiger partial charge in [0.25, 0.3) is 0 Å². The molecule has 1 aliphatic carbocycles. The van der Waals surface area contributed by atoms with E-state index in [9.17, 15) is 4.39 Å². The van der Waals surface area contributed by atoms with Gasteiger partial charge in [0.1, 0.15) is 18.2 Å². The van der Waals surface area contributed by atoms with Gasteiger partial charge in [0, 0.05) is 22.1 Å². The van der Waals surface area contributed by atoms with Crippen LogP contribution in [0.3, 0.4) is 0 Å². The molecular weight excluding hydrogens is 429 g/mol. The van der Waals surface area contributed by atoms with Crippen LogP contribution >= 0.6 is 27.5 Å². The van der Waals surface area contributed by atoms with E-state index in [0.29, 0.717) is 17.1 Å². The van der Waals surface area contributed by atoms with Crippen molar-refractivity contribution in [2.45, 2.75) is 45.3 Å². The molecule has 0 aliphatic heterocycles. The lowest BCUT2D eigenvalue weighted by molar-refractivity contribution is 0.296. The van der Waals surface area contributed by atoms with Gasteiger partial charge >= 0.3 is 0 Å². The number of rotatable bonds is 8. The highest BCUT2D eigenvalue weighted by molar-refractivity contribution is 9.10. The van der Waals surface area contributed by atoms with Crippen molar-refractivity contribution in [1.82, 2.24) is 5.32 Å². The quantitative estimate of drug-likeness (QED) is 0.351. The lowest BCUT2D eigenvalue weighted by Crippen LogP contribution is -2.16. The molecule has 2 aromatic rings. The number of hydrogen-bond donors (Lipinski definition) is 1. The molecule has 0 heterocycles. The number of halogens is 3. The fourth-order valence-electron chi connectivity index (χ4n) is 3.25. The summed E-state index contributed by atoms with van der Waals surface area (Å²) in [5.41, 5.74) is 2.98. The number of hydrogen-bond acceptors (Lipinski definition) is 2. The zero-order valence-electron chi connectivity index (χ0n) is 15.2. The zero-order chi connectivity index (χ0) is 19.1. The summed E-state index contributed by atoms with van der Waals surface area (Å²) in [7, 11) is 0. The Bertz CT molecular complexity index is 789. The highest BCUT2D eigenvalue weighted by atomic mass is 79.9. The lowest BCUT2D eigenvalue weighted by Gasteiger charge is -2.15. The van der Waals surface area contributed by atoms with Crippen LogP contribution in [0.25, 0.3) is 0 Å². The summed E-state index contributed by atoms with van der Waals surface area (Å²) in [4.78, 5) is 0. The summed E-state index contributed by atoms with van der Waals surface area (Å²) in [6, 6.07) is 10.5. The van der Waals surface area contributed by atoms with E-state index in [0.717, 1.165) is 28.8 Å². The number of allylic oxidation sites excluding steroid dienone is 1. The number of ether oxygens (including phenoxy) is 1. The Morgan fingerprint density at radius 1 is 1.19 bits per heavy atom. The van der Waals surface area contributed by atoms with Crippen LogP contribution in [0, 0.1) is 5.82 Å². The zero-order valence-corrected chi connectivity index (χ0v) is 17.6. The monoisotopic (exact) mass is 451 g/mol. The van der Waals surface area contributed by atoms with E-state index in [-0.39, 0.29) is 12.4 Å². The molecule has 1 N–H and O–H groups in total. The first-order valence-corrected chi connectivity index (χ1v) is 10.5. The van der Waals surface area contributed by atoms with E-state index in [1.165, 1.54) is 31.7 Å². The second kappa shape index (κ2) is 10.3. The normalized spacial score (nSPS) is 14.1. The van der Waals surface area contributed by atoms with Crippen LogP contribution in [0.15, 0.2) is 52.5 Å². The third-order valence-electron chi connectivity index (χ3n) is 4.78. The van der Waals surface area contributed by atoms with Crippen LogP contribution in [0.1, 0.15) is 43.2 Å². The molecule has 144 valence electrons. The van der Waals surface area contributed by atoms with Gasteiger partial charge in [0.15, 0.2) is 0 Å². The molecule has 5 heteroatoms. The number of nitrogens with one attached hydrogen (secondary N) is 1. The Morgan fingerprint density at radius 3 is 2.85 bits per heavy atom. The highest BCUT2D eigenvalue weighted by Gasteiger charge is 2.10. The van der Waals surface area contributed by atoms with E-state index >= 15 is 0 Å². The predicted octanol–water partition coefficient (Wildman–Crippen LogP) is 6.80. The third kappa shape index (κ3) is 6.06. The first-order valence-electron chi connectivity index (χ1n) is 9.36. The van der Waals surface area contributed by atoms with Crippen LogP contribution in [0.2, 0.25) is 5.02 Å². The van der Waals surface area contributed by atoms with Gasteiger partial charge in [-0.25, -0.2) is 4.39 Å². The molecule has 0 unspecified atom stereocenters. The van der Waals surface area contributed by atoms with Crippen molar-refractivity contribution in [3.05, 3.63) is 74.5 Å². The molecule has 0 fully saturated rings. The summed E-state index contributed by atoms with van der Waals surface area (Å²) < 4.78 is 20.8. The van der Waals surface area contributed by atoms with Gasteiger partial charge in [-0.2, -0.15) is 0 Å². The minimum atomic E-state index is -0.347. The molecule has 0 aromatic heterocycles. The van der Waals surface area contributed by atoms with Gasteiger partial charge in [0.2, 0.25) is 0 Å². The molecular formula is C22H24BrClFNO. The number of benzene rings is 2. The fraction of sp³-hybridized carbons (Fsp3) is 0.364. The lowest BCUT2D eigenvalue weighted by atomic mass is 9.97. The standard InChI is InChI=1S/C22H24BrClFNO/c23-18-9-10-22(27-15-19-20(24)7-4-8-21(19)25)17(13-18)14-26-12-11-16-5-2-1-3-6-16/h4-5,7-10,13,26H,1-3,6,11-12,14-15H2. The topological polar surface area (TPSA) is 21.3 Å². The van der Waals surface area contributed by atoms with Gasteiger partial charge < -0.3 is 10.1 Å². The van der Waals surface area contributed by atoms with Crippen molar-refractivity contribution in [3.63, 3.8) is 0 Å². The first-order chi connectivity index (χ1) is 13.1. The Kier molecular flexibility index (Phi) is 7.74. The molecule has 2 aromatic carbocycles. The molecule has 0 saturated carbocycles. The largest absolute Gasteiger partial charge is 0.488 e. The van der Waals surface area contributed by atoms with Crippen molar-refractivity contribution < 1.29 is 9.13 Å². The third-order valence-corrected chi connectivity index (χ3v) is 5.63. The first kappa shape index (κ1) is 20.4. The summed E-state index contributed by atoms with van der Waals surface area (Å²) >= 11 is 9.61. The molecule has 3 rings (SSSR count). The second-order valence-corrected chi connectivity index (χ2v) is 8.10. The van der Waals surface area contributed by atoms with Crippen molar-refractivity contribution in [3.8, 4) is 5.75 Å². The van der Waals surface area contributed by atoms with E-state index in [2.05, 4.69) is 27.3 Å². The maximum atomic E-state index is 14.0. The van der Waals surface area contributed by atoms with Gasteiger partial charge in [-0.3, -0.25) is 0 Å². The molecule has 0 amide bonds. The average Bonchev–Trinajstić information content (AvgIpc) is 2.67. The van der Waals surface area contributed by atoms with Crippen molar-refractivity contribution >= 4 is 27.5 Å². The molecule has 0 radical (unpaired) electrons. The second-order valence-electron chi connectivity index (χ2n) is 6.78. The highest BCUT2D eigenvalue weighted by Crippen LogP contribution is 2.26. The Morgan fingerprint density at radius 2 is 2.07 bits per heavy atom. The van der Waals surface area contributed by atoms with E-state index in [1.54, 1.807) is 17.7 Å². The van der Waals surface area contributed by atoms with E-state index < -0.39 is 0 Å². The van der Waals surface area contributed by atoms with Crippen LogP contribution in [0.5, 0.6) is 5.75 Å². The van der Waals surface area contributed by atoms with Crippen molar-refractivity contribution in [2.75, 3.05) is 6.54 Å². The summed E-state index contributed by atoms with van der Waals surface area (Å²) in [6.45, 7) is 1.75. The van der Waals surface area contributed by atoms with Crippen molar-refractivity contribution in [2.24, 2.45) is 0 Å². The van der Waals surface area contributed by atoms with Gasteiger partial charge in [-0.1, -0.05) is 45.2 Å². The van der Waals surface area contributed by atoms with E-state index in [4.69, 9.17) is 16.3 Å². The van der Waals surface area contributed by atoms with Crippen LogP contribution in [0.4, 0.5) is 4.39 Å². The Hall–Kier alpha value is -1.36. The van der Waals surface area contributed by atoms with Gasteiger partial charge in [-0.05, 0) is 69.0 Å². The Labute approximate surface area is 173 Å². The van der Waals surface area contributed by atoms with E-state index in [1.807, 2.05) is 18.2 Å². The molecule has 2 nitrogen and oxygen atoms in total. The fourth-order valence-corrected chi connectivity index (χ4v) is 3.88. The minimum absolute atomic E-state index is 0.104. The van der Waals surface area contributed by atoms with Crippen LogP contribution in [-0.2, 0) is 13.2 Å². The predicted molar refractivity (Wildman–Crippen MR) is 113 cm³/mol. The molecule has 0 spiro atoms. The summed E-state index contributed by atoms with van der Waals surface area (Å²) in [5.74, 6) is 0.391. The molecule has 0 saturated heterocycles. The maximum Gasteiger partial charge on any atom is 0.131 e. The molecule has 0 bridgehead atoms. The smallest absolute Gasteiger partial charge is 0.131 e. The summed E-state index contributed by atoms with van der Waals surface area (Å²) in [5, 5.41) is 3.88. The maximum absolute atomic E-state index is 14.0. The SMILES string of the molecule is Fc1cccc(Cl)c1COc1ccc(Br)cc1CNCCC1=CCCCC1. The van der Waals surface area contributed by atoms with Crippen LogP contribution < -0.4 is 10.1 Å². The molecule has 27 heavy (non-hydrogen) atoms. The molecule has 1 aliphatic rings. The minimum Gasteiger partial charge on any atom is -0.488 e. The molecule has 0 atom stereocenters. The van der Waals surface area contributed by atoms with Crippen molar-refractivity contribution in [1.29, 1.82) is 0 Å². The summed E-state index contributed by atoms with van der Waals surface area (Å²) in [6.07, 6.45) is 8.57. The Balaban J connectivity index is 1.58. The van der Waals surface area contributed by atoms with Gasteiger partial charge in [0.05, 0.1) is 5.02 Å². The average molecular weight is 453 g/mol. The van der Waals surface area contributed by atoms with Gasteiger partial charge in [-0.15, -0.1) is 0 Å². The van der Waals surface area contributed by atoms with Crippen LogP contribution in [-0.4, -0.2) is 6.54 Å².